The SMILES string of the molecule is CS(=O)(=O)c1nc(-c2cccc(C3(NC(=O)OCc4ccccc4)CS(=O)(=O)C3)c2)c2c(n1)C(F)(F)CC2. The van der Waals surface area contributed by atoms with Crippen LogP contribution >= 0.6 is 0 Å². The summed E-state index contributed by atoms with van der Waals surface area (Å²) in [5.41, 5.74) is -0.356. The second kappa shape index (κ2) is 9.09. The van der Waals surface area contributed by atoms with Gasteiger partial charge < -0.3 is 10.1 Å². The highest BCUT2D eigenvalue weighted by atomic mass is 32.2. The Kier molecular flexibility index (Phi) is 6.26. The summed E-state index contributed by atoms with van der Waals surface area (Å²) in [6.45, 7) is -0.0227. The largest absolute Gasteiger partial charge is 0.445 e. The summed E-state index contributed by atoms with van der Waals surface area (Å²) in [6, 6.07) is 15.2. The number of ether oxygens (including phenoxy) is 1. The molecule has 3 aromatic rings. The molecule has 0 atom stereocenters. The number of carbonyl (C=O) groups excluding carboxylic acids is 1. The lowest BCUT2D eigenvalue weighted by molar-refractivity contribution is -0.00653. The number of amides is 1. The number of alkyl carbamates (subject to hydrolysis) is 1. The minimum absolute atomic E-state index is 0.0227. The van der Waals surface area contributed by atoms with Crippen LogP contribution in [0.4, 0.5) is 13.6 Å². The molecule has 1 saturated heterocycles. The van der Waals surface area contributed by atoms with Crippen molar-refractivity contribution in [2.45, 2.75) is 36.1 Å². The van der Waals surface area contributed by atoms with Crippen LogP contribution < -0.4 is 5.32 Å². The average Bonchev–Trinajstić information content (AvgIpc) is 3.15. The fourth-order valence-electron chi connectivity index (χ4n) is 4.75. The zero-order valence-corrected chi connectivity index (χ0v) is 21.8. The highest BCUT2D eigenvalue weighted by molar-refractivity contribution is 7.93. The molecule has 1 aliphatic carbocycles. The topological polar surface area (TPSA) is 132 Å². The summed E-state index contributed by atoms with van der Waals surface area (Å²) in [4.78, 5) is 20.4. The summed E-state index contributed by atoms with van der Waals surface area (Å²) < 4.78 is 83.1. The van der Waals surface area contributed by atoms with Gasteiger partial charge in [0.05, 0.1) is 22.7 Å². The molecule has 1 aromatic heterocycles. The standard InChI is InChI=1S/C25H23F2N3O6S2/c1-37(32,33)22-28-20(19-10-11-25(26,27)21(19)29-22)17-8-5-9-18(12-17)24(14-38(34,35)15-24)30-23(31)36-13-16-6-3-2-4-7-16/h2-9,12H,10-11,13-15H2,1H3,(H,30,31). The Morgan fingerprint density at radius 1 is 1.08 bits per heavy atom. The molecule has 0 unspecified atom stereocenters. The zero-order chi connectivity index (χ0) is 27.3. The van der Waals surface area contributed by atoms with Crippen molar-refractivity contribution >= 4 is 25.8 Å². The maximum absolute atomic E-state index is 14.5. The fourth-order valence-corrected chi connectivity index (χ4v) is 7.16. The summed E-state index contributed by atoms with van der Waals surface area (Å²) in [6.07, 6.45) is -0.582. The molecule has 0 saturated carbocycles. The van der Waals surface area contributed by atoms with Gasteiger partial charge in [-0.1, -0.05) is 48.5 Å². The van der Waals surface area contributed by atoms with Gasteiger partial charge in [-0.05, 0) is 23.6 Å². The van der Waals surface area contributed by atoms with Gasteiger partial charge in [-0.15, -0.1) is 0 Å². The van der Waals surface area contributed by atoms with E-state index < -0.39 is 66.0 Å². The van der Waals surface area contributed by atoms with Crippen LogP contribution in [0.25, 0.3) is 11.3 Å². The van der Waals surface area contributed by atoms with Crippen LogP contribution in [-0.2, 0) is 48.9 Å². The second-order valence-corrected chi connectivity index (χ2v) is 13.5. The smallest absolute Gasteiger partial charge is 0.408 e. The van der Waals surface area contributed by atoms with Crippen molar-refractivity contribution < 1.29 is 35.1 Å². The number of fused-ring (bicyclic) bond motifs is 1. The third-order valence-electron chi connectivity index (χ3n) is 6.53. The van der Waals surface area contributed by atoms with Crippen LogP contribution in [0.3, 0.4) is 0 Å². The summed E-state index contributed by atoms with van der Waals surface area (Å²) in [7, 11) is -7.46. The van der Waals surface area contributed by atoms with E-state index >= 15 is 0 Å². The lowest BCUT2D eigenvalue weighted by Gasteiger charge is -2.41. The van der Waals surface area contributed by atoms with Gasteiger partial charge in [-0.2, -0.15) is 8.78 Å². The molecular formula is C25H23F2N3O6S2. The highest BCUT2D eigenvalue weighted by Crippen LogP contribution is 2.44. The lowest BCUT2D eigenvalue weighted by atomic mass is 9.90. The Hall–Kier alpha value is -3.45. The van der Waals surface area contributed by atoms with Crippen molar-refractivity contribution in [2.75, 3.05) is 17.8 Å². The van der Waals surface area contributed by atoms with Crippen molar-refractivity contribution in [1.82, 2.24) is 15.3 Å². The zero-order valence-electron chi connectivity index (χ0n) is 20.1. The van der Waals surface area contributed by atoms with Gasteiger partial charge in [0.1, 0.15) is 12.3 Å². The number of hydrogen-bond acceptors (Lipinski definition) is 8. The number of alkyl halides is 2. The molecule has 0 bridgehead atoms. The Morgan fingerprint density at radius 2 is 1.79 bits per heavy atom. The molecule has 2 heterocycles. The molecule has 1 amide bonds. The van der Waals surface area contributed by atoms with Gasteiger partial charge in [0, 0.05) is 23.8 Å². The average molecular weight is 564 g/mol. The lowest BCUT2D eigenvalue weighted by Crippen LogP contribution is -2.62. The number of hydrogen-bond donors (Lipinski definition) is 1. The van der Waals surface area contributed by atoms with E-state index in [1.165, 1.54) is 6.07 Å². The number of sulfone groups is 2. The van der Waals surface area contributed by atoms with E-state index in [0.717, 1.165) is 11.8 Å². The Morgan fingerprint density at radius 3 is 2.45 bits per heavy atom. The molecule has 9 nitrogen and oxygen atoms in total. The van der Waals surface area contributed by atoms with E-state index in [-0.39, 0.29) is 24.3 Å². The molecule has 1 N–H and O–H groups in total. The first-order valence-corrected chi connectivity index (χ1v) is 15.3. The number of nitrogens with one attached hydrogen (secondary N) is 1. The summed E-state index contributed by atoms with van der Waals surface area (Å²) in [5.74, 6) is -4.09. The third-order valence-corrected chi connectivity index (χ3v) is 9.24. The first kappa shape index (κ1) is 26.2. The number of nitrogens with zero attached hydrogens (tertiary/aromatic N) is 2. The van der Waals surface area contributed by atoms with Gasteiger partial charge in [-0.3, -0.25) is 0 Å². The Balaban J connectivity index is 1.51. The Bertz CT molecular complexity index is 1630. The van der Waals surface area contributed by atoms with E-state index in [9.17, 15) is 30.4 Å². The van der Waals surface area contributed by atoms with Gasteiger partial charge in [0.2, 0.25) is 15.0 Å². The van der Waals surface area contributed by atoms with Crippen molar-refractivity contribution in [3.8, 4) is 11.3 Å². The maximum Gasteiger partial charge on any atom is 0.408 e. The quantitative estimate of drug-likeness (QED) is 0.453. The number of halogens is 2. The van der Waals surface area contributed by atoms with E-state index in [1.807, 2.05) is 6.07 Å². The molecule has 0 spiro atoms. The van der Waals surface area contributed by atoms with Gasteiger partial charge in [-0.25, -0.2) is 31.6 Å². The van der Waals surface area contributed by atoms with Crippen LogP contribution in [0.1, 0.15) is 28.8 Å². The van der Waals surface area contributed by atoms with Crippen molar-refractivity contribution in [3.05, 3.63) is 77.0 Å². The molecule has 1 fully saturated rings. The number of aromatic nitrogens is 2. The number of benzene rings is 2. The predicted molar refractivity (Wildman–Crippen MR) is 133 cm³/mol. The fraction of sp³-hybridized carbons (Fsp3) is 0.320. The molecule has 0 radical (unpaired) electrons. The summed E-state index contributed by atoms with van der Waals surface area (Å²) in [5, 5.41) is 1.94. The van der Waals surface area contributed by atoms with E-state index in [2.05, 4.69) is 15.3 Å². The summed E-state index contributed by atoms with van der Waals surface area (Å²) >= 11 is 0. The normalized spacial score (nSPS) is 18.7. The van der Waals surface area contributed by atoms with Crippen molar-refractivity contribution in [3.63, 3.8) is 0 Å². The predicted octanol–water partition coefficient (Wildman–Crippen LogP) is 3.14. The first-order valence-electron chi connectivity index (χ1n) is 11.6. The number of rotatable bonds is 6. The monoisotopic (exact) mass is 563 g/mol. The molecular weight excluding hydrogens is 540 g/mol. The van der Waals surface area contributed by atoms with Gasteiger partial charge in [0.15, 0.2) is 9.84 Å². The molecule has 5 rings (SSSR count). The van der Waals surface area contributed by atoms with E-state index in [0.29, 0.717) is 11.1 Å². The van der Waals surface area contributed by atoms with Crippen LogP contribution in [0, 0.1) is 0 Å². The Labute approximate surface area is 218 Å². The number of carbonyl (C=O) groups is 1. The molecule has 2 aliphatic rings. The van der Waals surface area contributed by atoms with Gasteiger partial charge >= 0.3 is 6.09 Å². The maximum atomic E-state index is 14.5. The van der Waals surface area contributed by atoms with Crippen LogP contribution in [0.15, 0.2) is 59.8 Å². The third kappa shape index (κ3) is 4.99. The van der Waals surface area contributed by atoms with Crippen molar-refractivity contribution in [2.24, 2.45) is 0 Å². The van der Waals surface area contributed by atoms with Crippen LogP contribution in [-0.4, -0.2) is 50.7 Å². The van der Waals surface area contributed by atoms with Gasteiger partial charge in [0.25, 0.3) is 5.92 Å². The van der Waals surface area contributed by atoms with Crippen LogP contribution in [0.5, 0.6) is 0 Å². The molecule has 2 aromatic carbocycles. The highest BCUT2D eigenvalue weighted by Gasteiger charge is 2.51. The molecule has 200 valence electrons. The first-order chi connectivity index (χ1) is 17.8. The minimum atomic E-state index is -4.01. The van der Waals surface area contributed by atoms with E-state index in [1.54, 1.807) is 42.5 Å². The van der Waals surface area contributed by atoms with E-state index in [4.69, 9.17) is 4.74 Å². The van der Waals surface area contributed by atoms with Crippen LogP contribution in [0.2, 0.25) is 0 Å². The van der Waals surface area contributed by atoms with Crippen molar-refractivity contribution in [1.29, 1.82) is 0 Å². The minimum Gasteiger partial charge on any atom is -0.445 e. The molecule has 1 aliphatic heterocycles. The molecule has 38 heavy (non-hydrogen) atoms. The molecule has 13 heteroatoms. The second-order valence-electron chi connectivity index (χ2n) is 9.54.